The molecule has 0 spiro atoms. The van der Waals surface area contributed by atoms with Crippen molar-refractivity contribution < 1.29 is 14.3 Å². The summed E-state index contributed by atoms with van der Waals surface area (Å²) in [7, 11) is 3.27. The van der Waals surface area contributed by atoms with Crippen LogP contribution in [0.5, 0.6) is 11.5 Å². The molecule has 2 heterocycles. The molecule has 1 aromatic heterocycles. The molecule has 0 radical (unpaired) electrons. The molecule has 2 aromatic carbocycles. The molecule has 1 N–H and O–H groups in total. The van der Waals surface area contributed by atoms with Crippen LogP contribution in [0.1, 0.15) is 22.1 Å². The van der Waals surface area contributed by atoms with Crippen LogP contribution in [0.4, 0.5) is 5.82 Å². The lowest BCUT2D eigenvalue weighted by atomic mass is 10.0. The molecule has 7 heteroatoms. The van der Waals surface area contributed by atoms with Crippen molar-refractivity contribution in [1.29, 1.82) is 0 Å². The Morgan fingerprint density at radius 3 is 2.64 bits per heavy atom. The third-order valence-electron chi connectivity index (χ3n) is 4.73. The van der Waals surface area contributed by atoms with Gasteiger partial charge in [0.05, 0.1) is 36.6 Å². The van der Waals surface area contributed by atoms with E-state index in [1.807, 2.05) is 55.5 Å². The first-order valence-electron chi connectivity index (χ1n) is 8.90. The second-order valence-electron chi connectivity index (χ2n) is 6.44. The summed E-state index contributed by atoms with van der Waals surface area (Å²) in [5.41, 5.74) is 3.75. The maximum absolute atomic E-state index is 12.4. The zero-order chi connectivity index (χ0) is 19.7. The molecule has 0 unspecified atom stereocenters. The van der Waals surface area contributed by atoms with Gasteiger partial charge in [0.2, 0.25) is 5.91 Å². The Balaban J connectivity index is 1.89. The van der Waals surface area contributed by atoms with Crippen LogP contribution in [0.15, 0.2) is 48.5 Å². The number of nitrogens with zero attached hydrogens (tertiary/aromatic N) is 2. The van der Waals surface area contributed by atoms with Crippen LogP contribution in [0, 0.1) is 6.92 Å². The third kappa shape index (κ3) is 3.22. The number of aryl methyl sites for hydroxylation is 1. The molecule has 1 amide bonds. The van der Waals surface area contributed by atoms with Gasteiger partial charge in [0.1, 0.15) is 17.3 Å². The first kappa shape index (κ1) is 18.4. The minimum Gasteiger partial charge on any atom is -0.497 e. The van der Waals surface area contributed by atoms with Gasteiger partial charge in [-0.2, -0.15) is 5.10 Å². The summed E-state index contributed by atoms with van der Waals surface area (Å²) < 4.78 is 12.8. The number of anilines is 1. The fraction of sp³-hybridized carbons (Fsp3) is 0.238. The summed E-state index contributed by atoms with van der Waals surface area (Å²) in [6.07, 6.45) is 0. The summed E-state index contributed by atoms with van der Waals surface area (Å²) >= 11 is 1.57. The van der Waals surface area contributed by atoms with Crippen LogP contribution in [0.25, 0.3) is 5.69 Å². The van der Waals surface area contributed by atoms with Crippen molar-refractivity contribution in [3.63, 3.8) is 0 Å². The van der Waals surface area contributed by atoms with Gasteiger partial charge in [-0.3, -0.25) is 4.79 Å². The summed E-state index contributed by atoms with van der Waals surface area (Å²) in [6.45, 7) is 1.97. The molecule has 28 heavy (non-hydrogen) atoms. The lowest BCUT2D eigenvalue weighted by molar-refractivity contribution is -0.113. The fourth-order valence-electron chi connectivity index (χ4n) is 3.42. The quantitative estimate of drug-likeness (QED) is 0.724. The first-order chi connectivity index (χ1) is 13.6. The fourth-order valence-corrected chi connectivity index (χ4v) is 4.63. The number of ether oxygens (including phenoxy) is 2. The Kier molecular flexibility index (Phi) is 5.00. The Bertz CT molecular complexity index is 1020. The molecule has 0 bridgehead atoms. The van der Waals surface area contributed by atoms with Gasteiger partial charge in [0, 0.05) is 17.2 Å². The number of rotatable bonds is 4. The van der Waals surface area contributed by atoms with Gasteiger partial charge in [0.15, 0.2) is 0 Å². The Morgan fingerprint density at radius 2 is 1.93 bits per heavy atom. The van der Waals surface area contributed by atoms with Gasteiger partial charge in [-0.15, -0.1) is 11.8 Å². The van der Waals surface area contributed by atoms with Crippen molar-refractivity contribution >= 4 is 23.5 Å². The molecule has 1 atom stereocenters. The Hall–Kier alpha value is -2.93. The lowest BCUT2D eigenvalue weighted by Gasteiger charge is -2.19. The molecule has 4 rings (SSSR count). The van der Waals surface area contributed by atoms with Crippen molar-refractivity contribution in [2.75, 3.05) is 25.3 Å². The number of carbonyl (C=O) groups is 1. The van der Waals surface area contributed by atoms with Gasteiger partial charge in [-0.25, -0.2) is 4.68 Å². The maximum atomic E-state index is 12.4. The molecule has 1 aliphatic heterocycles. The van der Waals surface area contributed by atoms with E-state index in [0.717, 1.165) is 34.0 Å². The van der Waals surface area contributed by atoms with Gasteiger partial charge >= 0.3 is 0 Å². The van der Waals surface area contributed by atoms with Gasteiger partial charge < -0.3 is 14.8 Å². The Morgan fingerprint density at radius 1 is 1.14 bits per heavy atom. The zero-order valence-corrected chi connectivity index (χ0v) is 16.7. The average Bonchev–Trinajstić information content (AvgIpc) is 2.93. The van der Waals surface area contributed by atoms with Crippen LogP contribution in [0.2, 0.25) is 0 Å². The van der Waals surface area contributed by atoms with Gasteiger partial charge in [-0.1, -0.05) is 24.3 Å². The molecule has 144 valence electrons. The standard InChI is InChI=1S/C21H21N3O3S/c1-13-19-20(16-10-9-15(26-2)11-17(16)27-3)28-12-18(25)22-21(19)24(23-13)14-7-5-4-6-8-14/h4-11,20H,12H2,1-3H3,(H,22,25)/t20-/m0/s1. The van der Waals surface area contributed by atoms with Crippen molar-refractivity contribution in [3.8, 4) is 17.2 Å². The van der Waals surface area contributed by atoms with E-state index in [1.54, 1.807) is 30.7 Å². The van der Waals surface area contributed by atoms with E-state index in [4.69, 9.17) is 14.6 Å². The van der Waals surface area contributed by atoms with E-state index in [9.17, 15) is 4.79 Å². The van der Waals surface area contributed by atoms with Crippen molar-refractivity contribution in [2.45, 2.75) is 12.2 Å². The van der Waals surface area contributed by atoms with Crippen LogP contribution >= 0.6 is 11.8 Å². The van der Waals surface area contributed by atoms with E-state index in [1.165, 1.54) is 0 Å². The zero-order valence-electron chi connectivity index (χ0n) is 15.9. The molecule has 1 aliphatic rings. The predicted molar refractivity (Wildman–Crippen MR) is 111 cm³/mol. The highest BCUT2D eigenvalue weighted by atomic mass is 32.2. The largest absolute Gasteiger partial charge is 0.497 e. The second kappa shape index (κ2) is 7.59. The number of amides is 1. The number of nitrogens with one attached hydrogen (secondary N) is 1. The summed E-state index contributed by atoms with van der Waals surface area (Å²) in [4.78, 5) is 12.4. The number of benzene rings is 2. The summed E-state index contributed by atoms with van der Waals surface area (Å²) in [6, 6.07) is 15.6. The third-order valence-corrected chi connectivity index (χ3v) is 5.98. The minimum atomic E-state index is -0.0905. The van der Waals surface area contributed by atoms with E-state index < -0.39 is 0 Å². The van der Waals surface area contributed by atoms with Crippen LogP contribution in [0.3, 0.4) is 0 Å². The molecular weight excluding hydrogens is 374 g/mol. The number of fused-ring (bicyclic) bond motifs is 1. The monoisotopic (exact) mass is 395 g/mol. The smallest absolute Gasteiger partial charge is 0.235 e. The van der Waals surface area contributed by atoms with E-state index >= 15 is 0 Å². The normalized spacial score (nSPS) is 16.1. The molecule has 0 fully saturated rings. The molecule has 0 aliphatic carbocycles. The van der Waals surface area contributed by atoms with Gasteiger partial charge in [-0.05, 0) is 25.1 Å². The molecular formula is C21H21N3O3S. The van der Waals surface area contributed by atoms with Gasteiger partial charge in [0.25, 0.3) is 0 Å². The molecule has 3 aromatic rings. The second-order valence-corrected chi connectivity index (χ2v) is 7.54. The van der Waals surface area contributed by atoms with E-state index in [0.29, 0.717) is 11.6 Å². The lowest BCUT2D eigenvalue weighted by Crippen LogP contribution is -2.15. The number of methoxy groups -OCH3 is 2. The Labute approximate surface area is 167 Å². The van der Waals surface area contributed by atoms with Crippen LogP contribution < -0.4 is 14.8 Å². The van der Waals surface area contributed by atoms with Crippen molar-refractivity contribution in [2.24, 2.45) is 0 Å². The highest BCUT2D eigenvalue weighted by Crippen LogP contribution is 2.47. The number of aromatic nitrogens is 2. The number of hydrogen-bond donors (Lipinski definition) is 1. The molecule has 0 saturated heterocycles. The average molecular weight is 395 g/mol. The minimum absolute atomic E-state index is 0.0432. The topological polar surface area (TPSA) is 65.4 Å². The predicted octanol–water partition coefficient (Wildman–Crippen LogP) is 3.97. The van der Waals surface area contributed by atoms with E-state index in [-0.39, 0.29) is 11.2 Å². The van der Waals surface area contributed by atoms with Crippen LogP contribution in [-0.4, -0.2) is 35.7 Å². The van der Waals surface area contributed by atoms with Crippen molar-refractivity contribution in [1.82, 2.24) is 9.78 Å². The highest BCUT2D eigenvalue weighted by Gasteiger charge is 2.32. The number of para-hydroxylation sites is 1. The summed E-state index contributed by atoms with van der Waals surface area (Å²) in [5.74, 6) is 2.47. The summed E-state index contributed by atoms with van der Waals surface area (Å²) in [5, 5.41) is 7.68. The first-order valence-corrected chi connectivity index (χ1v) is 9.95. The maximum Gasteiger partial charge on any atom is 0.235 e. The van der Waals surface area contributed by atoms with E-state index in [2.05, 4.69) is 5.32 Å². The SMILES string of the molecule is COc1ccc([C@@H]2SCC(=O)Nc3c2c(C)nn3-c2ccccc2)c(OC)c1. The molecule has 0 saturated carbocycles. The number of hydrogen-bond acceptors (Lipinski definition) is 5. The highest BCUT2D eigenvalue weighted by molar-refractivity contribution is 8.00. The molecule has 6 nitrogen and oxygen atoms in total. The van der Waals surface area contributed by atoms with Crippen molar-refractivity contribution in [3.05, 3.63) is 65.4 Å². The van der Waals surface area contributed by atoms with Crippen LogP contribution in [-0.2, 0) is 4.79 Å². The number of thioether (sulfide) groups is 1. The number of carbonyl (C=O) groups excluding carboxylic acids is 1.